The molecule has 0 bridgehead atoms. The minimum absolute atomic E-state index is 0.0703. The van der Waals surface area contributed by atoms with E-state index in [-0.39, 0.29) is 24.1 Å². The lowest BCUT2D eigenvalue weighted by Gasteiger charge is -2.16. The Labute approximate surface area is 101 Å². The quantitative estimate of drug-likeness (QED) is 0.525. The van der Waals surface area contributed by atoms with Crippen molar-refractivity contribution >= 4 is 0 Å². The first-order chi connectivity index (χ1) is 8.17. The third-order valence-corrected chi connectivity index (χ3v) is 2.48. The monoisotopic (exact) mass is 241 g/mol. The molecular formula is C12H19NO4. The van der Waals surface area contributed by atoms with Crippen LogP contribution in [0.2, 0.25) is 0 Å². The molecule has 5 nitrogen and oxygen atoms in total. The molecule has 5 heteroatoms. The van der Waals surface area contributed by atoms with E-state index in [1.807, 2.05) is 0 Å². The fourth-order valence-electron chi connectivity index (χ4n) is 1.54. The largest absolute Gasteiger partial charge is 0.504 e. The maximum absolute atomic E-state index is 9.33. The summed E-state index contributed by atoms with van der Waals surface area (Å²) in [6.45, 7) is 1.16. The van der Waals surface area contributed by atoms with Crippen molar-refractivity contribution in [1.29, 1.82) is 0 Å². The van der Waals surface area contributed by atoms with Crippen LogP contribution in [0.4, 0.5) is 0 Å². The normalized spacial score (nSPS) is 12.6. The first-order valence-corrected chi connectivity index (χ1v) is 5.51. The molecule has 1 aromatic carbocycles. The number of methoxy groups -OCH3 is 1. The highest BCUT2D eigenvalue weighted by Gasteiger charge is 2.07. The van der Waals surface area contributed by atoms with Gasteiger partial charge >= 0.3 is 0 Å². The number of ether oxygens (including phenoxy) is 1. The molecule has 0 aromatic heterocycles. The molecule has 0 heterocycles. The van der Waals surface area contributed by atoms with Crippen LogP contribution in [0.15, 0.2) is 18.2 Å². The van der Waals surface area contributed by atoms with Gasteiger partial charge in [0.2, 0.25) is 0 Å². The molecule has 1 atom stereocenters. The standard InChI is InChI=1S/C12H19NO4/c1-17-8-10(4-5-14)13-7-9-2-3-11(15)12(16)6-9/h2-3,6,10,13-16H,4-5,7-8H2,1H3. The predicted octanol–water partition coefficient (Wildman–Crippen LogP) is 0.585. The van der Waals surface area contributed by atoms with Gasteiger partial charge in [0.1, 0.15) is 0 Å². The van der Waals surface area contributed by atoms with Gasteiger partial charge in [0.25, 0.3) is 0 Å². The van der Waals surface area contributed by atoms with Crippen LogP contribution in [0.5, 0.6) is 11.5 Å². The highest BCUT2D eigenvalue weighted by Crippen LogP contribution is 2.24. The van der Waals surface area contributed by atoms with Gasteiger partial charge in [-0.15, -0.1) is 0 Å². The van der Waals surface area contributed by atoms with Gasteiger partial charge in [0.05, 0.1) is 6.61 Å². The second-order valence-corrected chi connectivity index (χ2v) is 3.87. The summed E-state index contributed by atoms with van der Waals surface area (Å²) < 4.78 is 5.02. The number of nitrogens with one attached hydrogen (secondary N) is 1. The number of benzene rings is 1. The Morgan fingerprint density at radius 3 is 2.65 bits per heavy atom. The number of phenols is 2. The van der Waals surface area contributed by atoms with E-state index in [0.29, 0.717) is 19.6 Å². The number of phenolic OH excluding ortho intramolecular Hbond substituents is 2. The van der Waals surface area contributed by atoms with Crippen LogP contribution in [0.25, 0.3) is 0 Å². The molecule has 1 rings (SSSR count). The predicted molar refractivity (Wildman–Crippen MR) is 64.0 cm³/mol. The summed E-state index contributed by atoms with van der Waals surface area (Å²) in [5.74, 6) is -0.257. The highest BCUT2D eigenvalue weighted by molar-refractivity contribution is 5.40. The van der Waals surface area contributed by atoms with Gasteiger partial charge < -0.3 is 25.4 Å². The minimum Gasteiger partial charge on any atom is -0.504 e. The van der Waals surface area contributed by atoms with Crippen molar-refractivity contribution < 1.29 is 20.1 Å². The summed E-state index contributed by atoms with van der Waals surface area (Å²) >= 11 is 0. The van der Waals surface area contributed by atoms with Gasteiger partial charge in [0, 0.05) is 26.3 Å². The van der Waals surface area contributed by atoms with E-state index in [1.165, 1.54) is 12.1 Å². The van der Waals surface area contributed by atoms with E-state index in [9.17, 15) is 5.11 Å². The van der Waals surface area contributed by atoms with Crippen molar-refractivity contribution in [3.05, 3.63) is 23.8 Å². The van der Waals surface area contributed by atoms with Crippen LogP contribution in [0, 0.1) is 0 Å². The molecule has 0 amide bonds. The van der Waals surface area contributed by atoms with Crippen molar-refractivity contribution in [1.82, 2.24) is 5.32 Å². The second-order valence-electron chi connectivity index (χ2n) is 3.87. The van der Waals surface area contributed by atoms with Gasteiger partial charge in [-0.2, -0.15) is 0 Å². The average Bonchev–Trinajstić information content (AvgIpc) is 2.31. The molecule has 0 spiro atoms. The van der Waals surface area contributed by atoms with Crippen LogP contribution in [-0.4, -0.2) is 41.7 Å². The van der Waals surface area contributed by atoms with Crippen LogP contribution in [-0.2, 0) is 11.3 Å². The lowest BCUT2D eigenvalue weighted by Crippen LogP contribution is -2.33. The molecule has 0 radical (unpaired) electrons. The molecular weight excluding hydrogens is 222 g/mol. The zero-order chi connectivity index (χ0) is 12.7. The number of aliphatic hydroxyl groups excluding tert-OH is 1. The smallest absolute Gasteiger partial charge is 0.157 e. The van der Waals surface area contributed by atoms with Crippen LogP contribution < -0.4 is 5.32 Å². The number of rotatable bonds is 7. The van der Waals surface area contributed by atoms with Crippen molar-refractivity contribution in [3.63, 3.8) is 0 Å². The molecule has 96 valence electrons. The molecule has 0 saturated heterocycles. The Morgan fingerprint density at radius 1 is 1.29 bits per heavy atom. The maximum Gasteiger partial charge on any atom is 0.157 e. The SMILES string of the molecule is COCC(CCO)NCc1ccc(O)c(O)c1. The van der Waals surface area contributed by atoms with Crippen molar-refractivity contribution in [2.45, 2.75) is 19.0 Å². The summed E-state index contributed by atoms with van der Waals surface area (Å²) in [7, 11) is 1.61. The van der Waals surface area contributed by atoms with E-state index >= 15 is 0 Å². The van der Waals surface area contributed by atoms with Crippen molar-refractivity contribution in [3.8, 4) is 11.5 Å². The number of aliphatic hydroxyl groups is 1. The molecule has 0 fully saturated rings. The lowest BCUT2D eigenvalue weighted by atomic mass is 10.1. The van der Waals surface area contributed by atoms with Crippen molar-refractivity contribution in [2.24, 2.45) is 0 Å². The van der Waals surface area contributed by atoms with Crippen LogP contribution in [0.3, 0.4) is 0 Å². The summed E-state index contributed by atoms with van der Waals surface area (Å²) in [5.41, 5.74) is 0.861. The Kier molecular flexibility index (Phi) is 5.76. The van der Waals surface area contributed by atoms with Crippen LogP contribution in [0.1, 0.15) is 12.0 Å². The molecule has 0 aliphatic rings. The van der Waals surface area contributed by atoms with Gasteiger partial charge in [-0.1, -0.05) is 6.07 Å². The average molecular weight is 241 g/mol. The number of aromatic hydroxyl groups is 2. The molecule has 17 heavy (non-hydrogen) atoms. The van der Waals surface area contributed by atoms with E-state index in [1.54, 1.807) is 13.2 Å². The van der Waals surface area contributed by atoms with Gasteiger partial charge in [0.15, 0.2) is 11.5 Å². The van der Waals surface area contributed by atoms with Crippen LogP contribution >= 0.6 is 0 Å². The molecule has 1 aromatic rings. The fraction of sp³-hybridized carbons (Fsp3) is 0.500. The van der Waals surface area contributed by atoms with Gasteiger partial charge in [-0.05, 0) is 24.1 Å². The molecule has 4 N–H and O–H groups in total. The Morgan fingerprint density at radius 2 is 2.06 bits per heavy atom. The zero-order valence-electron chi connectivity index (χ0n) is 9.89. The second kappa shape index (κ2) is 7.11. The first-order valence-electron chi connectivity index (χ1n) is 5.51. The van der Waals surface area contributed by atoms with Gasteiger partial charge in [-0.25, -0.2) is 0 Å². The number of hydrogen-bond acceptors (Lipinski definition) is 5. The Hall–Kier alpha value is -1.30. The summed E-state index contributed by atoms with van der Waals surface area (Å²) in [5, 5.41) is 30.6. The molecule has 0 saturated carbocycles. The third-order valence-electron chi connectivity index (χ3n) is 2.48. The highest BCUT2D eigenvalue weighted by atomic mass is 16.5. The fourth-order valence-corrected chi connectivity index (χ4v) is 1.54. The van der Waals surface area contributed by atoms with E-state index in [2.05, 4.69) is 5.32 Å². The molecule has 0 aliphatic carbocycles. The first kappa shape index (κ1) is 13.8. The third kappa shape index (κ3) is 4.60. The summed E-state index contributed by atoms with van der Waals surface area (Å²) in [6.07, 6.45) is 0.609. The zero-order valence-corrected chi connectivity index (χ0v) is 9.89. The summed E-state index contributed by atoms with van der Waals surface area (Å²) in [4.78, 5) is 0. The Bertz CT molecular complexity index is 337. The Balaban J connectivity index is 2.49. The van der Waals surface area contributed by atoms with Gasteiger partial charge in [-0.3, -0.25) is 0 Å². The van der Waals surface area contributed by atoms with E-state index in [4.69, 9.17) is 14.9 Å². The lowest BCUT2D eigenvalue weighted by molar-refractivity contribution is 0.148. The number of hydrogen-bond donors (Lipinski definition) is 4. The summed E-state index contributed by atoms with van der Waals surface area (Å²) in [6, 6.07) is 4.75. The minimum atomic E-state index is -0.130. The van der Waals surface area contributed by atoms with E-state index < -0.39 is 0 Å². The maximum atomic E-state index is 9.33. The molecule has 0 aliphatic heterocycles. The van der Waals surface area contributed by atoms with E-state index in [0.717, 1.165) is 5.56 Å². The molecule has 1 unspecified atom stereocenters. The topological polar surface area (TPSA) is 82.0 Å². The van der Waals surface area contributed by atoms with Crippen molar-refractivity contribution in [2.75, 3.05) is 20.3 Å².